The van der Waals surface area contributed by atoms with Gasteiger partial charge < -0.3 is 10.2 Å². The second kappa shape index (κ2) is 7.38. The van der Waals surface area contributed by atoms with Crippen molar-refractivity contribution in [2.75, 3.05) is 0 Å². The summed E-state index contributed by atoms with van der Waals surface area (Å²) in [6.07, 6.45) is 12.1. The van der Waals surface area contributed by atoms with Crippen molar-refractivity contribution in [3.05, 3.63) is 39.5 Å². The minimum absolute atomic E-state index is 0.0300. The molecule has 2 heteroatoms. The molecular weight excluding hydrogens is 320 g/mol. The van der Waals surface area contributed by atoms with Gasteiger partial charge in [0.1, 0.15) is 5.75 Å². The number of phenolic OH excluding ortho intramolecular Hbond substituents is 1. The number of aliphatic hydroxyl groups excluding tert-OH is 1. The Kier molecular flexibility index (Phi) is 5.14. The number of aliphatic hydroxyl groups is 1. The summed E-state index contributed by atoms with van der Waals surface area (Å²) in [7, 11) is 0. The number of hydrogen-bond acceptors (Lipinski definition) is 2. The Labute approximate surface area is 158 Å². The highest BCUT2D eigenvalue weighted by atomic mass is 16.3. The van der Waals surface area contributed by atoms with Gasteiger partial charge >= 0.3 is 0 Å². The van der Waals surface area contributed by atoms with Crippen molar-refractivity contribution in [2.24, 2.45) is 5.92 Å². The maximum Gasteiger partial charge on any atom is 0.122 e. The lowest BCUT2D eigenvalue weighted by Crippen LogP contribution is -2.35. The van der Waals surface area contributed by atoms with Crippen molar-refractivity contribution < 1.29 is 10.2 Å². The van der Waals surface area contributed by atoms with Crippen LogP contribution in [0.1, 0.15) is 93.4 Å². The highest BCUT2D eigenvalue weighted by Crippen LogP contribution is 2.51. The van der Waals surface area contributed by atoms with Gasteiger partial charge in [0, 0.05) is 11.5 Å². The van der Waals surface area contributed by atoms with Gasteiger partial charge in [-0.15, -0.1) is 0 Å². The molecule has 1 aromatic rings. The van der Waals surface area contributed by atoms with Gasteiger partial charge in [-0.1, -0.05) is 37.5 Å². The molecule has 26 heavy (non-hydrogen) atoms. The molecule has 0 saturated carbocycles. The Balaban J connectivity index is 1.92. The van der Waals surface area contributed by atoms with Gasteiger partial charge in [-0.05, 0) is 86.8 Å². The summed E-state index contributed by atoms with van der Waals surface area (Å²) in [4.78, 5) is 0. The van der Waals surface area contributed by atoms with Crippen molar-refractivity contribution in [1.29, 1.82) is 0 Å². The standard InChI is InChI=1S/C24H34O2/c1-3-15-13-17-9-5-7-11-19(17)21(23(15)25)22-20-12-8-6-10-18(20)14-16(4-2)24(22)26/h13,16,22,24-26H,3-12,14H2,1-2H3/t16-,22?,24-/m1/s1. The first kappa shape index (κ1) is 18.1. The highest BCUT2D eigenvalue weighted by molar-refractivity contribution is 5.56. The number of aryl methyl sites for hydroxylation is 2. The van der Waals surface area contributed by atoms with Crippen LogP contribution in [-0.2, 0) is 19.3 Å². The lowest BCUT2D eigenvalue weighted by atomic mass is 9.65. The summed E-state index contributed by atoms with van der Waals surface area (Å²) >= 11 is 0. The quantitative estimate of drug-likeness (QED) is 0.696. The lowest BCUT2D eigenvalue weighted by Gasteiger charge is -2.42. The Morgan fingerprint density at radius 3 is 2.50 bits per heavy atom. The molecule has 0 radical (unpaired) electrons. The predicted octanol–water partition coefficient (Wildman–Crippen LogP) is 5.58. The van der Waals surface area contributed by atoms with Crippen LogP contribution in [0.5, 0.6) is 5.75 Å². The fraction of sp³-hybridized carbons (Fsp3) is 0.667. The van der Waals surface area contributed by atoms with Crippen LogP contribution in [0.15, 0.2) is 17.2 Å². The third kappa shape index (κ3) is 2.91. The van der Waals surface area contributed by atoms with Crippen molar-refractivity contribution in [2.45, 2.75) is 96.5 Å². The van der Waals surface area contributed by atoms with Crippen LogP contribution >= 0.6 is 0 Å². The second-order valence-electron chi connectivity index (χ2n) is 8.67. The normalized spacial score (nSPS) is 28.7. The minimum Gasteiger partial charge on any atom is -0.507 e. The minimum atomic E-state index is -0.346. The molecule has 2 nitrogen and oxygen atoms in total. The van der Waals surface area contributed by atoms with Crippen LogP contribution < -0.4 is 0 Å². The van der Waals surface area contributed by atoms with Crippen LogP contribution in [0.3, 0.4) is 0 Å². The first-order chi connectivity index (χ1) is 12.7. The van der Waals surface area contributed by atoms with Gasteiger partial charge in [-0.25, -0.2) is 0 Å². The Morgan fingerprint density at radius 1 is 1.00 bits per heavy atom. The summed E-state index contributed by atoms with van der Waals surface area (Å²) in [5.74, 6) is 0.856. The Bertz CT molecular complexity index is 715. The van der Waals surface area contributed by atoms with Crippen molar-refractivity contribution >= 4 is 0 Å². The molecular formula is C24H34O2. The van der Waals surface area contributed by atoms with Gasteiger partial charge in [-0.3, -0.25) is 0 Å². The van der Waals surface area contributed by atoms with E-state index < -0.39 is 0 Å². The zero-order valence-corrected chi connectivity index (χ0v) is 16.5. The van der Waals surface area contributed by atoms with Crippen molar-refractivity contribution in [3.63, 3.8) is 0 Å². The molecule has 142 valence electrons. The van der Waals surface area contributed by atoms with E-state index in [0.717, 1.165) is 49.7 Å². The molecule has 1 aromatic carbocycles. The largest absolute Gasteiger partial charge is 0.507 e. The van der Waals surface area contributed by atoms with Gasteiger partial charge in [0.05, 0.1) is 6.10 Å². The molecule has 3 aliphatic rings. The smallest absolute Gasteiger partial charge is 0.122 e. The molecule has 0 bridgehead atoms. The zero-order chi connectivity index (χ0) is 18.3. The molecule has 0 amide bonds. The van der Waals surface area contributed by atoms with E-state index in [1.807, 2.05) is 0 Å². The van der Waals surface area contributed by atoms with Crippen molar-refractivity contribution in [3.8, 4) is 5.75 Å². The number of allylic oxidation sites excluding steroid dienone is 1. The van der Waals surface area contributed by atoms with Crippen LogP contribution in [0.2, 0.25) is 0 Å². The van der Waals surface area contributed by atoms with Gasteiger partial charge in [-0.2, -0.15) is 0 Å². The van der Waals surface area contributed by atoms with E-state index in [2.05, 4.69) is 19.9 Å². The number of fused-ring (bicyclic) bond motifs is 1. The third-order valence-electron chi connectivity index (χ3n) is 7.30. The summed E-state index contributed by atoms with van der Waals surface area (Å²) in [5.41, 5.74) is 8.06. The van der Waals surface area contributed by atoms with Gasteiger partial charge in [0.2, 0.25) is 0 Å². The fourth-order valence-corrected chi connectivity index (χ4v) is 5.84. The first-order valence-corrected chi connectivity index (χ1v) is 10.9. The second-order valence-corrected chi connectivity index (χ2v) is 8.67. The molecule has 2 N–H and O–H groups in total. The van der Waals surface area contributed by atoms with E-state index in [-0.39, 0.29) is 12.0 Å². The monoisotopic (exact) mass is 354 g/mol. The Hall–Kier alpha value is -1.28. The predicted molar refractivity (Wildman–Crippen MR) is 107 cm³/mol. The van der Waals surface area contributed by atoms with E-state index in [0.29, 0.717) is 11.7 Å². The van der Waals surface area contributed by atoms with Crippen LogP contribution in [0.4, 0.5) is 0 Å². The average molecular weight is 355 g/mol. The van der Waals surface area contributed by atoms with E-state index >= 15 is 0 Å². The lowest BCUT2D eigenvalue weighted by molar-refractivity contribution is 0.0748. The summed E-state index contributed by atoms with van der Waals surface area (Å²) in [6.45, 7) is 4.34. The SMILES string of the molecule is CCc1cc2c(c(C3C4=C(CCCC4)C[C@@H](CC)[C@H]3O)c1O)CCCC2. The summed E-state index contributed by atoms with van der Waals surface area (Å²) in [6, 6.07) is 2.25. The maximum atomic E-state index is 11.4. The summed E-state index contributed by atoms with van der Waals surface area (Å²) in [5, 5.41) is 22.6. The number of aromatic hydroxyl groups is 1. The topological polar surface area (TPSA) is 40.5 Å². The molecule has 0 heterocycles. The van der Waals surface area contributed by atoms with E-state index in [1.165, 1.54) is 48.8 Å². The number of hydrogen-bond donors (Lipinski definition) is 2. The highest BCUT2D eigenvalue weighted by Gasteiger charge is 2.40. The molecule has 4 rings (SSSR count). The van der Waals surface area contributed by atoms with E-state index in [1.54, 1.807) is 5.57 Å². The number of phenols is 1. The molecule has 1 unspecified atom stereocenters. The molecule has 0 aromatic heterocycles. The molecule has 3 atom stereocenters. The third-order valence-corrected chi connectivity index (χ3v) is 7.30. The maximum absolute atomic E-state index is 11.4. The van der Waals surface area contributed by atoms with E-state index in [9.17, 15) is 10.2 Å². The number of benzene rings is 1. The Morgan fingerprint density at radius 2 is 1.73 bits per heavy atom. The molecule has 0 aliphatic heterocycles. The average Bonchev–Trinajstić information content (AvgIpc) is 2.68. The van der Waals surface area contributed by atoms with Crippen molar-refractivity contribution in [1.82, 2.24) is 0 Å². The van der Waals surface area contributed by atoms with Crippen LogP contribution in [0.25, 0.3) is 0 Å². The number of rotatable bonds is 3. The zero-order valence-electron chi connectivity index (χ0n) is 16.5. The molecule has 0 saturated heterocycles. The van der Waals surface area contributed by atoms with Crippen LogP contribution in [-0.4, -0.2) is 16.3 Å². The molecule has 3 aliphatic carbocycles. The molecule has 0 spiro atoms. The summed E-state index contributed by atoms with van der Waals surface area (Å²) < 4.78 is 0. The van der Waals surface area contributed by atoms with Crippen LogP contribution in [0, 0.1) is 5.92 Å². The van der Waals surface area contributed by atoms with Gasteiger partial charge in [0.15, 0.2) is 0 Å². The first-order valence-electron chi connectivity index (χ1n) is 10.9. The molecule has 0 fully saturated rings. The fourth-order valence-electron chi connectivity index (χ4n) is 5.84. The van der Waals surface area contributed by atoms with E-state index in [4.69, 9.17) is 0 Å². The van der Waals surface area contributed by atoms with Gasteiger partial charge in [0.25, 0.3) is 0 Å².